The molecule has 1 atom stereocenters. The van der Waals surface area contributed by atoms with Crippen LogP contribution in [-0.2, 0) is 4.74 Å². The molecule has 1 aliphatic rings. The molecule has 0 unspecified atom stereocenters. The molecule has 162 valence electrons. The number of carbonyl (C=O) groups is 1. The van der Waals surface area contributed by atoms with Crippen molar-refractivity contribution in [1.82, 2.24) is 15.4 Å². The van der Waals surface area contributed by atoms with Crippen molar-refractivity contribution < 1.29 is 18.8 Å². The molecule has 0 spiro atoms. The summed E-state index contributed by atoms with van der Waals surface area (Å²) in [6.07, 6.45) is 0. The number of nitrogens with zero attached hydrogens (tertiary/aromatic N) is 2. The molecule has 1 saturated heterocycles. The highest BCUT2D eigenvalue weighted by Crippen LogP contribution is 2.24. The van der Waals surface area contributed by atoms with E-state index in [-0.39, 0.29) is 17.6 Å². The maximum atomic E-state index is 12.8. The Balaban J connectivity index is 1.44. The molecule has 4 rings (SSSR count). The van der Waals surface area contributed by atoms with E-state index in [1.807, 2.05) is 24.3 Å². The lowest BCUT2D eigenvalue weighted by Crippen LogP contribution is -2.43. The quantitative estimate of drug-likeness (QED) is 0.630. The minimum absolute atomic E-state index is 0.0707. The Kier molecular flexibility index (Phi) is 6.64. The molecular weight excluding hydrogens is 394 g/mol. The van der Waals surface area contributed by atoms with E-state index < -0.39 is 0 Å². The van der Waals surface area contributed by atoms with Crippen LogP contribution in [0.2, 0.25) is 0 Å². The van der Waals surface area contributed by atoms with Crippen LogP contribution in [0.1, 0.15) is 27.7 Å². The Morgan fingerprint density at radius 1 is 1.13 bits per heavy atom. The first-order valence-electron chi connectivity index (χ1n) is 10.4. The molecule has 7 nitrogen and oxygen atoms in total. The Morgan fingerprint density at radius 3 is 2.52 bits per heavy atom. The number of aromatic nitrogens is 1. The zero-order valence-electron chi connectivity index (χ0n) is 17.8. The third kappa shape index (κ3) is 5.13. The van der Waals surface area contributed by atoms with E-state index in [9.17, 15) is 4.79 Å². The molecule has 0 bridgehead atoms. The number of rotatable bonds is 7. The predicted octanol–water partition coefficient (Wildman–Crippen LogP) is 3.46. The first-order chi connectivity index (χ1) is 15.1. The van der Waals surface area contributed by atoms with Gasteiger partial charge in [0, 0.05) is 31.3 Å². The number of benzene rings is 2. The number of amides is 1. The summed E-state index contributed by atoms with van der Waals surface area (Å²) in [5, 5.41) is 6.99. The summed E-state index contributed by atoms with van der Waals surface area (Å²) in [6.45, 7) is 5.61. The summed E-state index contributed by atoms with van der Waals surface area (Å²) in [4.78, 5) is 15.1. The number of hydrogen-bond donors (Lipinski definition) is 1. The summed E-state index contributed by atoms with van der Waals surface area (Å²) in [7, 11) is 1.62. The van der Waals surface area contributed by atoms with Crippen molar-refractivity contribution in [3.8, 4) is 17.1 Å². The number of ether oxygens (including phenoxy) is 2. The fourth-order valence-electron chi connectivity index (χ4n) is 3.69. The van der Waals surface area contributed by atoms with Crippen LogP contribution in [0.5, 0.6) is 5.75 Å². The average molecular weight is 421 g/mol. The second-order valence-electron chi connectivity index (χ2n) is 7.59. The summed E-state index contributed by atoms with van der Waals surface area (Å²) < 4.78 is 16.1. The lowest BCUT2D eigenvalue weighted by molar-refractivity contribution is 0.0162. The highest BCUT2D eigenvalue weighted by atomic mass is 16.5. The Morgan fingerprint density at radius 2 is 1.84 bits per heavy atom. The number of nitrogens with one attached hydrogen (secondary N) is 1. The van der Waals surface area contributed by atoms with Crippen molar-refractivity contribution in [1.29, 1.82) is 0 Å². The molecule has 7 heteroatoms. The van der Waals surface area contributed by atoms with Gasteiger partial charge in [0.1, 0.15) is 5.75 Å². The van der Waals surface area contributed by atoms with Crippen LogP contribution in [0.4, 0.5) is 0 Å². The Bertz CT molecular complexity index is 992. The van der Waals surface area contributed by atoms with Gasteiger partial charge in [0.05, 0.1) is 26.4 Å². The first-order valence-corrected chi connectivity index (χ1v) is 10.4. The first kappa shape index (κ1) is 21.1. The molecule has 2 aromatic carbocycles. The topological polar surface area (TPSA) is 76.8 Å². The summed E-state index contributed by atoms with van der Waals surface area (Å²) in [5.74, 6) is 1.04. The van der Waals surface area contributed by atoms with Crippen LogP contribution in [-0.4, -0.2) is 55.9 Å². The normalized spacial score (nSPS) is 15.4. The van der Waals surface area contributed by atoms with Crippen molar-refractivity contribution in [2.24, 2.45) is 0 Å². The minimum atomic E-state index is -0.256. The van der Waals surface area contributed by atoms with Gasteiger partial charge in [-0.1, -0.05) is 35.0 Å². The van der Waals surface area contributed by atoms with Crippen LogP contribution >= 0.6 is 0 Å². The average Bonchev–Trinajstić information content (AvgIpc) is 3.31. The largest absolute Gasteiger partial charge is 0.497 e. The molecule has 1 aromatic heterocycles. The highest BCUT2D eigenvalue weighted by Gasteiger charge is 2.24. The lowest BCUT2D eigenvalue weighted by Gasteiger charge is -2.35. The van der Waals surface area contributed by atoms with Gasteiger partial charge in [-0.15, -0.1) is 0 Å². The number of hydrogen-bond acceptors (Lipinski definition) is 6. The highest BCUT2D eigenvalue weighted by molar-refractivity contribution is 5.93. The van der Waals surface area contributed by atoms with Gasteiger partial charge in [0.25, 0.3) is 5.91 Å². The molecular formula is C24H27N3O4. The summed E-state index contributed by atoms with van der Waals surface area (Å²) >= 11 is 0. The third-order valence-electron chi connectivity index (χ3n) is 5.52. The molecule has 2 heterocycles. The molecule has 1 N–H and O–H groups in total. The third-order valence-corrected chi connectivity index (χ3v) is 5.52. The smallest absolute Gasteiger partial charge is 0.273 e. The fourth-order valence-corrected chi connectivity index (χ4v) is 3.69. The Labute approximate surface area is 181 Å². The monoisotopic (exact) mass is 421 g/mol. The van der Waals surface area contributed by atoms with Crippen molar-refractivity contribution >= 4 is 5.91 Å². The Hall–Kier alpha value is -3.16. The number of carbonyl (C=O) groups excluding carboxylic acids is 1. The van der Waals surface area contributed by atoms with E-state index in [1.165, 1.54) is 11.1 Å². The SMILES string of the molecule is COc1ccc(-c2cc(C(=O)NC[C@H](c3ccc(C)cc3)N3CCOCC3)no2)cc1. The molecule has 31 heavy (non-hydrogen) atoms. The maximum absolute atomic E-state index is 12.8. The van der Waals surface area contributed by atoms with Gasteiger partial charge in [-0.05, 0) is 36.8 Å². The molecule has 3 aromatic rings. The van der Waals surface area contributed by atoms with Crippen molar-refractivity contribution in [3.05, 3.63) is 71.4 Å². The van der Waals surface area contributed by atoms with E-state index in [2.05, 4.69) is 46.6 Å². The van der Waals surface area contributed by atoms with Gasteiger partial charge in [0.15, 0.2) is 11.5 Å². The standard InChI is InChI=1S/C24H27N3O4/c1-17-3-5-18(6-4-17)22(27-11-13-30-14-12-27)16-25-24(28)21-15-23(31-26-21)19-7-9-20(29-2)10-8-19/h3-10,15,22H,11-14,16H2,1-2H3,(H,25,28)/t22-/m1/s1. The zero-order chi connectivity index (χ0) is 21.6. The molecule has 0 radical (unpaired) electrons. The van der Waals surface area contributed by atoms with Gasteiger partial charge in [-0.3, -0.25) is 9.69 Å². The summed E-state index contributed by atoms with van der Waals surface area (Å²) in [5.41, 5.74) is 3.47. The van der Waals surface area contributed by atoms with Crippen molar-refractivity contribution in [2.45, 2.75) is 13.0 Å². The lowest BCUT2D eigenvalue weighted by atomic mass is 10.0. The van der Waals surface area contributed by atoms with Crippen molar-refractivity contribution in [3.63, 3.8) is 0 Å². The van der Waals surface area contributed by atoms with Crippen LogP contribution in [0.3, 0.4) is 0 Å². The van der Waals surface area contributed by atoms with E-state index in [0.29, 0.717) is 25.5 Å². The summed E-state index contributed by atoms with van der Waals surface area (Å²) in [6, 6.07) is 17.6. The minimum Gasteiger partial charge on any atom is -0.497 e. The van der Waals surface area contributed by atoms with Gasteiger partial charge in [-0.25, -0.2) is 0 Å². The molecule has 1 fully saturated rings. The molecule has 1 aliphatic heterocycles. The molecule has 0 aliphatic carbocycles. The molecule has 1 amide bonds. The maximum Gasteiger partial charge on any atom is 0.273 e. The van der Waals surface area contributed by atoms with E-state index in [4.69, 9.17) is 14.0 Å². The fraction of sp³-hybridized carbons (Fsp3) is 0.333. The van der Waals surface area contributed by atoms with Crippen molar-refractivity contribution in [2.75, 3.05) is 40.0 Å². The predicted molar refractivity (Wildman–Crippen MR) is 117 cm³/mol. The van der Waals surface area contributed by atoms with Crippen LogP contribution in [0.15, 0.2) is 59.1 Å². The number of aryl methyl sites for hydroxylation is 1. The van der Waals surface area contributed by atoms with Crippen LogP contribution < -0.4 is 10.1 Å². The van der Waals surface area contributed by atoms with Gasteiger partial charge >= 0.3 is 0 Å². The number of morpholine rings is 1. The van der Waals surface area contributed by atoms with Gasteiger partial charge in [0.2, 0.25) is 0 Å². The zero-order valence-corrected chi connectivity index (χ0v) is 17.8. The van der Waals surface area contributed by atoms with E-state index in [1.54, 1.807) is 13.2 Å². The molecule has 0 saturated carbocycles. The van der Waals surface area contributed by atoms with Gasteiger partial charge in [-0.2, -0.15) is 0 Å². The second kappa shape index (κ2) is 9.76. The van der Waals surface area contributed by atoms with Crippen LogP contribution in [0.25, 0.3) is 11.3 Å². The van der Waals surface area contributed by atoms with Crippen LogP contribution in [0, 0.1) is 6.92 Å². The second-order valence-corrected chi connectivity index (χ2v) is 7.59. The van der Waals surface area contributed by atoms with Gasteiger partial charge < -0.3 is 19.3 Å². The van der Waals surface area contributed by atoms with E-state index in [0.717, 1.165) is 24.4 Å². The van der Waals surface area contributed by atoms with E-state index >= 15 is 0 Å². The number of methoxy groups -OCH3 is 1.